The van der Waals surface area contributed by atoms with Gasteiger partial charge in [0.1, 0.15) is 5.76 Å². The smallest absolute Gasteiger partial charge is 0.273 e. The van der Waals surface area contributed by atoms with E-state index in [1.165, 1.54) is 0 Å². The fourth-order valence-corrected chi connectivity index (χ4v) is 4.67. The molecule has 4 atom stereocenters. The maximum absolute atomic E-state index is 12.8. The zero-order valence-corrected chi connectivity index (χ0v) is 16.9. The normalized spacial score (nSPS) is 30.9. The van der Waals surface area contributed by atoms with E-state index >= 15 is 0 Å². The fourth-order valence-electron chi connectivity index (χ4n) is 4.67. The highest BCUT2D eigenvalue weighted by molar-refractivity contribution is 5.92. The summed E-state index contributed by atoms with van der Waals surface area (Å²) in [5, 5.41) is 10.4. The first kappa shape index (κ1) is 19.4. The zero-order chi connectivity index (χ0) is 19.7. The second kappa shape index (κ2) is 8.23. The van der Waals surface area contributed by atoms with E-state index in [1.807, 2.05) is 4.90 Å². The summed E-state index contributed by atoms with van der Waals surface area (Å²) >= 11 is 0. The van der Waals surface area contributed by atoms with Crippen LogP contribution >= 0.6 is 0 Å². The Morgan fingerprint density at radius 1 is 1.25 bits per heavy atom. The number of nitrogens with one attached hydrogen (secondary N) is 2. The van der Waals surface area contributed by atoms with Gasteiger partial charge in [-0.25, -0.2) is 0 Å². The summed E-state index contributed by atoms with van der Waals surface area (Å²) in [6.45, 7) is 5.99. The molecule has 3 heterocycles. The van der Waals surface area contributed by atoms with Gasteiger partial charge >= 0.3 is 0 Å². The van der Waals surface area contributed by atoms with Gasteiger partial charge in [-0.3, -0.25) is 9.59 Å². The van der Waals surface area contributed by atoms with Gasteiger partial charge in [-0.1, -0.05) is 5.16 Å². The van der Waals surface area contributed by atoms with Gasteiger partial charge < -0.3 is 20.1 Å². The molecule has 0 radical (unpaired) electrons. The molecular weight excluding hydrogens is 356 g/mol. The number of piperidine rings is 2. The lowest BCUT2D eigenvalue weighted by molar-refractivity contribution is -0.136. The molecule has 2 amide bonds. The summed E-state index contributed by atoms with van der Waals surface area (Å²) in [7, 11) is 0. The van der Waals surface area contributed by atoms with E-state index in [4.69, 9.17) is 4.52 Å². The van der Waals surface area contributed by atoms with Crippen LogP contribution < -0.4 is 10.6 Å². The summed E-state index contributed by atoms with van der Waals surface area (Å²) in [6, 6.07) is 2.49. The molecule has 0 aromatic carbocycles. The summed E-state index contributed by atoms with van der Waals surface area (Å²) < 4.78 is 5.28. The number of hydrogen-bond acceptors (Lipinski definition) is 5. The minimum absolute atomic E-state index is 0.0755. The lowest BCUT2D eigenvalue weighted by Gasteiger charge is -2.39. The van der Waals surface area contributed by atoms with Crippen molar-refractivity contribution < 1.29 is 14.1 Å². The van der Waals surface area contributed by atoms with Crippen LogP contribution in [0.4, 0.5) is 0 Å². The molecule has 3 unspecified atom stereocenters. The minimum atomic E-state index is -0.170. The van der Waals surface area contributed by atoms with Crippen molar-refractivity contribution >= 4 is 11.8 Å². The molecule has 1 aromatic heterocycles. The van der Waals surface area contributed by atoms with Gasteiger partial charge in [-0.15, -0.1) is 0 Å². The molecule has 2 N–H and O–H groups in total. The summed E-state index contributed by atoms with van der Waals surface area (Å²) in [5.41, 5.74) is 0.369. The SMILES string of the molecule is CC1CC(CC(=O)N2CCC(NC(=O)c3cc(C4CC4)on3)C[C@H]2C)CCN1. The molecule has 0 bridgehead atoms. The summed E-state index contributed by atoms with van der Waals surface area (Å²) in [5.74, 6) is 1.86. The average Bonchev–Trinajstić information content (AvgIpc) is 3.38. The van der Waals surface area contributed by atoms with Crippen LogP contribution in [0, 0.1) is 5.92 Å². The van der Waals surface area contributed by atoms with Gasteiger partial charge in [0.25, 0.3) is 5.91 Å². The third kappa shape index (κ3) is 4.57. The molecule has 28 heavy (non-hydrogen) atoms. The highest BCUT2D eigenvalue weighted by Gasteiger charge is 2.33. The summed E-state index contributed by atoms with van der Waals surface area (Å²) in [4.78, 5) is 27.3. The standard InChI is InChI=1S/C21H32N4O3/c1-13-9-15(5-7-22-13)11-20(26)25-8-6-17(10-14(25)2)23-21(27)18-12-19(28-24-18)16-3-4-16/h12-17,22H,3-11H2,1-2H3,(H,23,27)/t13?,14-,15?,17?/m1/s1. The number of carbonyl (C=O) groups excluding carboxylic acids is 2. The first-order valence-electron chi connectivity index (χ1n) is 10.8. The minimum Gasteiger partial charge on any atom is -0.360 e. The highest BCUT2D eigenvalue weighted by Crippen LogP contribution is 2.40. The second-order valence-electron chi connectivity index (χ2n) is 8.97. The molecule has 3 fully saturated rings. The third-order valence-corrected chi connectivity index (χ3v) is 6.47. The van der Waals surface area contributed by atoms with E-state index in [1.54, 1.807) is 6.07 Å². The number of rotatable bonds is 5. The van der Waals surface area contributed by atoms with Gasteiger partial charge in [0.2, 0.25) is 5.91 Å². The molecule has 3 aliphatic rings. The first-order valence-corrected chi connectivity index (χ1v) is 10.8. The molecule has 154 valence electrons. The monoisotopic (exact) mass is 388 g/mol. The van der Waals surface area contributed by atoms with Crippen LogP contribution in [-0.4, -0.2) is 53.1 Å². The van der Waals surface area contributed by atoms with Crippen LogP contribution in [0.2, 0.25) is 0 Å². The Bertz CT molecular complexity index is 714. The molecule has 2 saturated heterocycles. The van der Waals surface area contributed by atoms with E-state index < -0.39 is 0 Å². The average molecular weight is 389 g/mol. The van der Waals surface area contributed by atoms with Gasteiger partial charge in [0, 0.05) is 43.1 Å². The van der Waals surface area contributed by atoms with Crippen LogP contribution in [0.5, 0.6) is 0 Å². The van der Waals surface area contributed by atoms with Crippen molar-refractivity contribution in [3.63, 3.8) is 0 Å². The molecular formula is C21H32N4O3. The van der Waals surface area contributed by atoms with Crippen LogP contribution in [0.1, 0.15) is 81.0 Å². The van der Waals surface area contributed by atoms with Gasteiger partial charge in [0.15, 0.2) is 5.69 Å². The molecule has 7 nitrogen and oxygen atoms in total. The number of carbonyl (C=O) groups is 2. The maximum atomic E-state index is 12.8. The van der Waals surface area contributed by atoms with Crippen molar-refractivity contribution in [1.82, 2.24) is 20.7 Å². The van der Waals surface area contributed by atoms with Crippen LogP contribution in [0.15, 0.2) is 10.6 Å². The Labute approximate surface area is 166 Å². The first-order chi connectivity index (χ1) is 13.5. The largest absolute Gasteiger partial charge is 0.360 e. The van der Waals surface area contributed by atoms with Gasteiger partial charge in [-0.2, -0.15) is 0 Å². The maximum Gasteiger partial charge on any atom is 0.273 e. The van der Waals surface area contributed by atoms with E-state index in [0.29, 0.717) is 36.5 Å². The molecule has 1 aliphatic carbocycles. The lowest BCUT2D eigenvalue weighted by atomic mass is 9.89. The number of aromatic nitrogens is 1. The number of likely N-dealkylation sites (tertiary alicyclic amines) is 1. The molecule has 0 spiro atoms. The number of hydrogen-bond donors (Lipinski definition) is 2. The molecule has 4 rings (SSSR count). The fraction of sp³-hybridized carbons (Fsp3) is 0.762. The molecule has 1 aromatic rings. The van der Waals surface area contributed by atoms with E-state index in [2.05, 4.69) is 29.6 Å². The van der Waals surface area contributed by atoms with Gasteiger partial charge in [-0.05, 0) is 64.8 Å². The predicted octanol–water partition coefficient (Wildman–Crippen LogP) is 2.44. The lowest BCUT2D eigenvalue weighted by Crippen LogP contribution is -2.51. The predicted molar refractivity (Wildman–Crippen MR) is 105 cm³/mol. The van der Waals surface area contributed by atoms with Crippen molar-refractivity contribution in [1.29, 1.82) is 0 Å². The third-order valence-electron chi connectivity index (χ3n) is 6.47. The Balaban J connectivity index is 1.25. The Kier molecular flexibility index (Phi) is 5.71. The van der Waals surface area contributed by atoms with Crippen molar-refractivity contribution in [3.05, 3.63) is 17.5 Å². The topological polar surface area (TPSA) is 87.5 Å². The van der Waals surface area contributed by atoms with Gasteiger partial charge in [0.05, 0.1) is 0 Å². The molecule has 7 heteroatoms. The highest BCUT2D eigenvalue weighted by atomic mass is 16.5. The zero-order valence-electron chi connectivity index (χ0n) is 16.9. The van der Waals surface area contributed by atoms with Crippen molar-refractivity contribution in [2.24, 2.45) is 5.92 Å². The number of nitrogens with zero attached hydrogens (tertiary/aromatic N) is 2. The van der Waals surface area contributed by atoms with Crippen LogP contribution in [0.3, 0.4) is 0 Å². The van der Waals surface area contributed by atoms with Crippen LogP contribution in [0.25, 0.3) is 0 Å². The Morgan fingerprint density at radius 2 is 2.07 bits per heavy atom. The molecule has 2 aliphatic heterocycles. The van der Waals surface area contributed by atoms with Crippen molar-refractivity contribution in [2.45, 2.75) is 82.8 Å². The van der Waals surface area contributed by atoms with Crippen LogP contribution in [-0.2, 0) is 4.79 Å². The van der Waals surface area contributed by atoms with Crippen molar-refractivity contribution in [3.8, 4) is 0 Å². The second-order valence-corrected chi connectivity index (χ2v) is 8.97. The quantitative estimate of drug-likeness (QED) is 0.809. The van der Waals surface area contributed by atoms with Crippen molar-refractivity contribution in [2.75, 3.05) is 13.1 Å². The Morgan fingerprint density at radius 3 is 2.79 bits per heavy atom. The molecule has 1 saturated carbocycles. The number of amides is 2. The van der Waals surface area contributed by atoms with E-state index in [9.17, 15) is 9.59 Å². The summed E-state index contributed by atoms with van der Waals surface area (Å²) in [6.07, 6.45) is 6.62. The van der Waals surface area contributed by atoms with E-state index in [-0.39, 0.29) is 23.9 Å². The van der Waals surface area contributed by atoms with E-state index in [0.717, 1.165) is 50.8 Å². The Hall–Kier alpha value is -1.89.